The van der Waals surface area contributed by atoms with Crippen molar-refractivity contribution >= 4 is 17.8 Å². The molecule has 0 bridgehead atoms. The monoisotopic (exact) mass is 348 g/mol. The SMILES string of the molecule is CCN(C1=CCCCC1)c1nc(NCCO)nc(N2CCOCC2)n1. The highest BCUT2D eigenvalue weighted by Crippen LogP contribution is 2.26. The number of nitrogens with one attached hydrogen (secondary N) is 1. The van der Waals surface area contributed by atoms with Gasteiger partial charge in [-0.2, -0.15) is 15.0 Å². The second-order valence-electron chi connectivity index (χ2n) is 6.19. The van der Waals surface area contributed by atoms with E-state index < -0.39 is 0 Å². The molecule has 2 heterocycles. The van der Waals surface area contributed by atoms with Crippen molar-refractivity contribution in [2.75, 3.05) is 61.1 Å². The van der Waals surface area contributed by atoms with Gasteiger partial charge in [0.2, 0.25) is 17.8 Å². The Morgan fingerprint density at radius 2 is 2.08 bits per heavy atom. The smallest absolute Gasteiger partial charge is 0.236 e. The third-order valence-electron chi connectivity index (χ3n) is 4.47. The molecule has 25 heavy (non-hydrogen) atoms. The summed E-state index contributed by atoms with van der Waals surface area (Å²) in [6.45, 7) is 6.31. The fraction of sp³-hybridized carbons (Fsp3) is 0.706. The van der Waals surface area contributed by atoms with E-state index in [0.29, 0.717) is 37.6 Å². The van der Waals surface area contributed by atoms with Crippen molar-refractivity contribution in [3.8, 4) is 0 Å². The van der Waals surface area contributed by atoms with E-state index >= 15 is 0 Å². The second kappa shape index (κ2) is 8.96. The Morgan fingerprint density at radius 1 is 1.24 bits per heavy atom. The summed E-state index contributed by atoms with van der Waals surface area (Å²) < 4.78 is 5.43. The molecule has 3 rings (SSSR count). The molecule has 8 heteroatoms. The van der Waals surface area contributed by atoms with Crippen LogP contribution in [0.1, 0.15) is 32.6 Å². The molecule has 1 aromatic rings. The van der Waals surface area contributed by atoms with E-state index in [1.165, 1.54) is 18.5 Å². The average molecular weight is 348 g/mol. The summed E-state index contributed by atoms with van der Waals surface area (Å²) in [5, 5.41) is 12.2. The number of rotatable bonds is 7. The molecule has 0 atom stereocenters. The molecule has 0 amide bonds. The molecule has 0 radical (unpaired) electrons. The van der Waals surface area contributed by atoms with Crippen LogP contribution in [0.25, 0.3) is 0 Å². The van der Waals surface area contributed by atoms with E-state index in [9.17, 15) is 0 Å². The van der Waals surface area contributed by atoms with Crippen molar-refractivity contribution < 1.29 is 9.84 Å². The maximum Gasteiger partial charge on any atom is 0.236 e. The molecule has 0 saturated carbocycles. The van der Waals surface area contributed by atoms with Crippen LogP contribution >= 0.6 is 0 Å². The Kier molecular flexibility index (Phi) is 6.41. The molecule has 1 aromatic heterocycles. The Morgan fingerprint density at radius 3 is 2.76 bits per heavy atom. The third kappa shape index (κ3) is 4.58. The number of anilines is 3. The van der Waals surface area contributed by atoms with Gasteiger partial charge in [-0.15, -0.1) is 0 Å². The van der Waals surface area contributed by atoms with E-state index in [1.807, 2.05) is 0 Å². The minimum Gasteiger partial charge on any atom is -0.395 e. The van der Waals surface area contributed by atoms with Crippen LogP contribution in [0.15, 0.2) is 11.8 Å². The van der Waals surface area contributed by atoms with Crippen molar-refractivity contribution in [3.63, 3.8) is 0 Å². The van der Waals surface area contributed by atoms with E-state index in [-0.39, 0.29) is 6.61 Å². The number of hydrogen-bond donors (Lipinski definition) is 2. The Bertz CT molecular complexity index is 589. The molecular formula is C17H28N6O2. The van der Waals surface area contributed by atoms with Gasteiger partial charge in [0.15, 0.2) is 0 Å². The topological polar surface area (TPSA) is 86.6 Å². The lowest BCUT2D eigenvalue weighted by Gasteiger charge is -2.30. The van der Waals surface area contributed by atoms with Crippen LogP contribution in [-0.4, -0.2) is 66.1 Å². The summed E-state index contributed by atoms with van der Waals surface area (Å²) >= 11 is 0. The summed E-state index contributed by atoms with van der Waals surface area (Å²) in [7, 11) is 0. The van der Waals surface area contributed by atoms with Crippen molar-refractivity contribution in [2.24, 2.45) is 0 Å². The van der Waals surface area contributed by atoms with Crippen molar-refractivity contribution in [1.82, 2.24) is 15.0 Å². The Balaban J connectivity index is 1.90. The lowest BCUT2D eigenvalue weighted by molar-refractivity contribution is 0.122. The molecule has 2 N–H and O–H groups in total. The van der Waals surface area contributed by atoms with Crippen molar-refractivity contribution in [3.05, 3.63) is 11.8 Å². The Hall–Kier alpha value is -1.93. The maximum absolute atomic E-state index is 9.09. The number of ether oxygens (including phenoxy) is 1. The molecule has 1 fully saturated rings. The summed E-state index contributed by atoms with van der Waals surface area (Å²) in [6, 6.07) is 0. The number of aliphatic hydroxyl groups is 1. The first-order valence-corrected chi connectivity index (χ1v) is 9.22. The molecule has 2 aliphatic rings. The first-order chi connectivity index (χ1) is 12.3. The molecule has 8 nitrogen and oxygen atoms in total. The van der Waals surface area contributed by atoms with Gasteiger partial charge in [-0.1, -0.05) is 6.08 Å². The molecule has 1 saturated heterocycles. The van der Waals surface area contributed by atoms with Crippen LogP contribution in [0.2, 0.25) is 0 Å². The van der Waals surface area contributed by atoms with E-state index in [4.69, 9.17) is 14.8 Å². The molecule has 0 unspecified atom stereocenters. The molecule has 138 valence electrons. The van der Waals surface area contributed by atoms with Gasteiger partial charge in [-0.05, 0) is 32.6 Å². The van der Waals surface area contributed by atoms with Crippen LogP contribution < -0.4 is 15.1 Å². The first kappa shape index (κ1) is 17.9. The van der Waals surface area contributed by atoms with Gasteiger partial charge in [0.05, 0.1) is 19.8 Å². The van der Waals surface area contributed by atoms with Crippen molar-refractivity contribution in [1.29, 1.82) is 0 Å². The third-order valence-corrected chi connectivity index (χ3v) is 4.47. The van der Waals surface area contributed by atoms with Gasteiger partial charge < -0.3 is 25.0 Å². The van der Waals surface area contributed by atoms with Gasteiger partial charge >= 0.3 is 0 Å². The maximum atomic E-state index is 9.09. The zero-order valence-corrected chi connectivity index (χ0v) is 14.9. The van der Waals surface area contributed by atoms with Crippen LogP contribution in [0.4, 0.5) is 17.8 Å². The van der Waals surface area contributed by atoms with Gasteiger partial charge in [0.1, 0.15) is 0 Å². The predicted octanol–water partition coefficient (Wildman–Crippen LogP) is 1.40. The second-order valence-corrected chi connectivity index (χ2v) is 6.19. The molecule has 1 aliphatic heterocycles. The van der Waals surface area contributed by atoms with E-state index in [0.717, 1.165) is 32.5 Å². The number of aliphatic hydroxyl groups excluding tert-OH is 1. The number of hydrogen-bond acceptors (Lipinski definition) is 8. The Labute approximate surface area is 148 Å². The zero-order chi connectivity index (χ0) is 17.5. The molecule has 1 aliphatic carbocycles. The normalized spacial score (nSPS) is 18.0. The van der Waals surface area contributed by atoms with Crippen molar-refractivity contribution in [2.45, 2.75) is 32.6 Å². The minimum absolute atomic E-state index is 0.0382. The standard InChI is InChI=1S/C17H28N6O2/c1-2-23(14-6-4-3-5-7-14)17-20-15(18-8-11-24)19-16(21-17)22-9-12-25-13-10-22/h6,24H,2-5,7-13H2,1H3,(H,18,19,20,21). The van der Waals surface area contributed by atoms with Crippen LogP contribution in [0.3, 0.4) is 0 Å². The average Bonchev–Trinajstić information content (AvgIpc) is 2.68. The summed E-state index contributed by atoms with van der Waals surface area (Å²) in [5.74, 6) is 1.85. The number of allylic oxidation sites excluding steroid dienone is 2. The largest absolute Gasteiger partial charge is 0.395 e. The highest BCUT2D eigenvalue weighted by Gasteiger charge is 2.21. The van der Waals surface area contributed by atoms with Crippen LogP contribution in [-0.2, 0) is 4.74 Å². The summed E-state index contributed by atoms with van der Waals surface area (Å²) in [5.41, 5.74) is 1.29. The van der Waals surface area contributed by atoms with Gasteiger partial charge in [-0.3, -0.25) is 0 Å². The zero-order valence-electron chi connectivity index (χ0n) is 14.9. The van der Waals surface area contributed by atoms with Gasteiger partial charge in [0, 0.05) is 31.9 Å². The fourth-order valence-corrected chi connectivity index (χ4v) is 3.17. The van der Waals surface area contributed by atoms with E-state index in [1.54, 1.807) is 0 Å². The minimum atomic E-state index is 0.0382. The van der Waals surface area contributed by atoms with Crippen LogP contribution in [0, 0.1) is 0 Å². The predicted molar refractivity (Wildman–Crippen MR) is 98.0 cm³/mol. The molecular weight excluding hydrogens is 320 g/mol. The molecule has 0 spiro atoms. The van der Waals surface area contributed by atoms with Gasteiger partial charge in [0.25, 0.3) is 0 Å². The highest BCUT2D eigenvalue weighted by molar-refractivity contribution is 5.49. The fourth-order valence-electron chi connectivity index (χ4n) is 3.17. The quantitative estimate of drug-likeness (QED) is 0.765. The number of nitrogens with zero attached hydrogens (tertiary/aromatic N) is 5. The van der Waals surface area contributed by atoms with E-state index in [2.05, 4.69) is 38.1 Å². The van der Waals surface area contributed by atoms with Crippen LogP contribution in [0.5, 0.6) is 0 Å². The number of morpholine rings is 1. The lowest BCUT2D eigenvalue weighted by Crippen LogP contribution is -2.38. The molecule has 0 aromatic carbocycles. The first-order valence-electron chi connectivity index (χ1n) is 9.22. The highest BCUT2D eigenvalue weighted by atomic mass is 16.5. The summed E-state index contributed by atoms with van der Waals surface area (Å²) in [4.78, 5) is 18.2. The lowest BCUT2D eigenvalue weighted by atomic mass is 10.0. The summed E-state index contributed by atoms with van der Waals surface area (Å²) in [6.07, 6.45) is 6.93. The number of aromatic nitrogens is 3. The van der Waals surface area contributed by atoms with Gasteiger partial charge in [-0.25, -0.2) is 0 Å².